The van der Waals surface area contributed by atoms with E-state index in [9.17, 15) is 9.59 Å². The number of amides is 2. The molecule has 9 heteroatoms. The largest absolute Gasteiger partial charge is 0.410 e. The van der Waals surface area contributed by atoms with Crippen molar-refractivity contribution in [2.24, 2.45) is 0 Å². The van der Waals surface area contributed by atoms with Crippen LogP contribution >= 0.6 is 23.1 Å². The van der Waals surface area contributed by atoms with Crippen molar-refractivity contribution >= 4 is 40.6 Å². The number of thiophene rings is 1. The molecule has 0 radical (unpaired) electrons. The van der Waals surface area contributed by atoms with Crippen LogP contribution in [-0.4, -0.2) is 34.3 Å². The Balaban J connectivity index is 1.42. The van der Waals surface area contributed by atoms with Gasteiger partial charge in [-0.1, -0.05) is 43.0 Å². The van der Waals surface area contributed by atoms with Crippen molar-refractivity contribution in [3.05, 3.63) is 47.3 Å². The van der Waals surface area contributed by atoms with Crippen LogP contribution in [0.15, 0.2) is 51.4 Å². The molecular formula is C18H18N4O3S2. The van der Waals surface area contributed by atoms with Gasteiger partial charge in [-0.25, -0.2) is 0 Å². The minimum Gasteiger partial charge on any atom is -0.410 e. The van der Waals surface area contributed by atoms with Crippen LogP contribution in [-0.2, 0) is 16.0 Å². The van der Waals surface area contributed by atoms with Crippen LogP contribution in [0.5, 0.6) is 0 Å². The molecule has 2 aromatic heterocycles. The van der Waals surface area contributed by atoms with Crippen molar-refractivity contribution in [1.82, 2.24) is 15.5 Å². The Hall–Kier alpha value is -2.65. The predicted molar refractivity (Wildman–Crippen MR) is 106 cm³/mol. The Bertz CT molecular complexity index is 909. The van der Waals surface area contributed by atoms with Gasteiger partial charge in [0, 0.05) is 5.69 Å². The molecule has 7 nitrogen and oxygen atoms in total. The van der Waals surface area contributed by atoms with Gasteiger partial charge in [0.05, 0.1) is 17.2 Å². The number of thioether (sulfide) groups is 1. The van der Waals surface area contributed by atoms with Crippen LogP contribution in [0.3, 0.4) is 0 Å². The molecule has 2 amide bonds. The number of aromatic nitrogens is 2. The summed E-state index contributed by atoms with van der Waals surface area (Å²) in [6.45, 7) is 1.92. The number of para-hydroxylation sites is 1. The molecule has 0 aliphatic rings. The van der Waals surface area contributed by atoms with E-state index in [2.05, 4.69) is 20.8 Å². The lowest BCUT2D eigenvalue weighted by Crippen LogP contribution is -2.34. The average molecular weight is 403 g/mol. The van der Waals surface area contributed by atoms with Crippen molar-refractivity contribution in [2.75, 3.05) is 17.6 Å². The Labute approximate surface area is 164 Å². The Morgan fingerprint density at radius 1 is 1.15 bits per heavy atom. The van der Waals surface area contributed by atoms with Crippen molar-refractivity contribution in [2.45, 2.75) is 18.6 Å². The fourth-order valence-electron chi connectivity index (χ4n) is 2.27. The van der Waals surface area contributed by atoms with Gasteiger partial charge in [0.25, 0.3) is 11.1 Å². The normalized spacial score (nSPS) is 10.6. The van der Waals surface area contributed by atoms with Crippen LogP contribution in [0.2, 0.25) is 0 Å². The maximum absolute atomic E-state index is 12.0. The third-order valence-corrected chi connectivity index (χ3v) is 5.26. The molecule has 0 bridgehead atoms. The summed E-state index contributed by atoms with van der Waals surface area (Å²) >= 11 is 2.63. The van der Waals surface area contributed by atoms with Gasteiger partial charge >= 0.3 is 0 Å². The molecule has 27 heavy (non-hydrogen) atoms. The summed E-state index contributed by atoms with van der Waals surface area (Å²) < 4.78 is 5.50. The quantitative estimate of drug-likeness (QED) is 0.562. The van der Waals surface area contributed by atoms with Crippen molar-refractivity contribution in [1.29, 1.82) is 0 Å². The molecule has 0 saturated carbocycles. The number of hydrogen-bond acceptors (Lipinski definition) is 7. The van der Waals surface area contributed by atoms with E-state index in [0.717, 1.165) is 34.3 Å². The summed E-state index contributed by atoms with van der Waals surface area (Å²) in [5, 5.41) is 15.5. The van der Waals surface area contributed by atoms with E-state index in [1.165, 1.54) is 11.3 Å². The summed E-state index contributed by atoms with van der Waals surface area (Å²) in [7, 11) is 0. The molecule has 2 heterocycles. The van der Waals surface area contributed by atoms with E-state index in [4.69, 9.17) is 4.42 Å². The highest BCUT2D eigenvalue weighted by molar-refractivity contribution is 7.99. The molecule has 140 valence electrons. The van der Waals surface area contributed by atoms with Gasteiger partial charge in [0.15, 0.2) is 0 Å². The molecule has 0 saturated heterocycles. The van der Waals surface area contributed by atoms with E-state index >= 15 is 0 Å². The maximum Gasteiger partial charge on any atom is 0.277 e. The molecule has 0 aliphatic heterocycles. The zero-order valence-electron chi connectivity index (χ0n) is 14.6. The lowest BCUT2D eigenvalue weighted by Gasteiger charge is -2.10. The number of carbonyl (C=O) groups excluding carboxylic acids is 2. The van der Waals surface area contributed by atoms with Gasteiger partial charge in [-0.2, -0.15) is 0 Å². The number of nitrogens with one attached hydrogen (secondary N) is 2. The fourth-order valence-corrected chi connectivity index (χ4v) is 3.51. The minimum absolute atomic E-state index is 0.0882. The highest BCUT2D eigenvalue weighted by Crippen LogP contribution is 2.26. The zero-order chi connectivity index (χ0) is 19.1. The highest BCUT2D eigenvalue weighted by atomic mass is 32.2. The Morgan fingerprint density at radius 2 is 2.00 bits per heavy atom. The second-order valence-electron chi connectivity index (χ2n) is 5.47. The smallest absolute Gasteiger partial charge is 0.277 e. The summed E-state index contributed by atoms with van der Waals surface area (Å²) in [6.07, 6.45) is 0.817. The summed E-state index contributed by atoms with van der Waals surface area (Å²) in [5.74, 6) is -0.0334. The van der Waals surface area contributed by atoms with E-state index in [-0.39, 0.29) is 24.1 Å². The first-order valence-corrected chi connectivity index (χ1v) is 10.2. The van der Waals surface area contributed by atoms with E-state index in [1.54, 1.807) is 0 Å². The van der Waals surface area contributed by atoms with Gasteiger partial charge in [0.1, 0.15) is 0 Å². The third-order valence-electron chi connectivity index (χ3n) is 3.58. The first-order valence-electron chi connectivity index (χ1n) is 8.30. The van der Waals surface area contributed by atoms with Crippen LogP contribution in [0.4, 0.5) is 5.69 Å². The van der Waals surface area contributed by atoms with E-state index in [1.807, 2.05) is 48.7 Å². The van der Waals surface area contributed by atoms with Crippen LogP contribution in [0.1, 0.15) is 12.5 Å². The van der Waals surface area contributed by atoms with Crippen LogP contribution < -0.4 is 10.6 Å². The molecule has 3 aromatic rings. The SMILES string of the molecule is CCc1ccccc1NC(=O)CNC(=O)CSc1nnc(-c2cccs2)o1. The van der Waals surface area contributed by atoms with Gasteiger partial charge < -0.3 is 15.1 Å². The molecule has 0 spiro atoms. The molecule has 2 N–H and O–H groups in total. The predicted octanol–water partition coefficient (Wildman–Crippen LogP) is 3.21. The first-order chi connectivity index (χ1) is 13.2. The molecule has 0 fully saturated rings. The number of aryl methyl sites for hydroxylation is 1. The fraction of sp³-hybridized carbons (Fsp3) is 0.222. The summed E-state index contributed by atoms with van der Waals surface area (Å²) in [6, 6.07) is 11.4. The zero-order valence-corrected chi connectivity index (χ0v) is 16.2. The van der Waals surface area contributed by atoms with Gasteiger partial charge in [-0.3, -0.25) is 9.59 Å². The number of hydrogen-bond donors (Lipinski definition) is 2. The lowest BCUT2D eigenvalue weighted by atomic mass is 10.1. The summed E-state index contributed by atoms with van der Waals surface area (Å²) in [5.41, 5.74) is 1.81. The third kappa shape index (κ3) is 5.41. The van der Waals surface area contributed by atoms with Crippen molar-refractivity contribution in [3.63, 3.8) is 0 Å². The lowest BCUT2D eigenvalue weighted by molar-refractivity contribution is -0.122. The monoisotopic (exact) mass is 402 g/mol. The number of rotatable bonds is 8. The Morgan fingerprint density at radius 3 is 2.78 bits per heavy atom. The van der Waals surface area contributed by atoms with Gasteiger partial charge in [-0.05, 0) is 29.5 Å². The molecule has 1 aromatic carbocycles. The Kier molecular flexibility index (Phi) is 6.61. The van der Waals surface area contributed by atoms with Crippen LogP contribution in [0, 0.1) is 0 Å². The number of anilines is 1. The van der Waals surface area contributed by atoms with Gasteiger partial charge in [0.2, 0.25) is 11.8 Å². The molecule has 3 rings (SSSR count). The number of nitrogens with zero attached hydrogens (tertiary/aromatic N) is 2. The standard InChI is InChI=1S/C18H18N4O3S2/c1-2-12-6-3-4-7-13(12)20-15(23)10-19-16(24)11-27-18-22-21-17(25-18)14-8-5-9-26-14/h3-9H,2,10-11H2,1H3,(H,19,24)(H,20,23). The number of benzene rings is 1. The van der Waals surface area contributed by atoms with Crippen LogP contribution in [0.25, 0.3) is 10.8 Å². The molecule has 0 atom stereocenters. The number of carbonyl (C=O) groups is 2. The molecule has 0 aliphatic carbocycles. The van der Waals surface area contributed by atoms with E-state index in [0.29, 0.717) is 11.1 Å². The van der Waals surface area contributed by atoms with Crippen molar-refractivity contribution < 1.29 is 14.0 Å². The maximum atomic E-state index is 12.0. The van der Waals surface area contributed by atoms with E-state index < -0.39 is 0 Å². The summed E-state index contributed by atoms with van der Waals surface area (Å²) in [4.78, 5) is 24.8. The highest BCUT2D eigenvalue weighted by Gasteiger charge is 2.13. The molecule has 0 unspecified atom stereocenters. The second kappa shape index (κ2) is 9.33. The van der Waals surface area contributed by atoms with Crippen molar-refractivity contribution in [3.8, 4) is 10.8 Å². The second-order valence-corrected chi connectivity index (χ2v) is 7.35. The average Bonchev–Trinajstić information content (AvgIpc) is 3.36. The minimum atomic E-state index is -0.283. The van der Waals surface area contributed by atoms with Gasteiger partial charge in [-0.15, -0.1) is 21.5 Å². The topological polar surface area (TPSA) is 97.1 Å². The molecular weight excluding hydrogens is 384 g/mol. The first kappa shape index (κ1) is 19.1.